The maximum absolute atomic E-state index is 7.11. The van der Waals surface area contributed by atoms with Gasteiger partial charge in [-0.1, -0.05) is 114 Å². The van der Waals surface area contributed by atoms with Gasteiger partial charge in [-0.25, -0.2) is 0 Å². The molecule has 43 heavy (non-hydrogen) atoms. The van der Waals surface area contributed by atoms with E-state index in [1.54, 1.807) is 0 Å². The molecule has 4 aromatic rings. The number of nitrogens with zero attached hydrogens (tertiary/aromatic N) is 1. The van der Waals surface area contributed by atoms with Crippen LogP contribution in [0, 0.1) is 11.8 Å². The fraction of sp³-hybridized carbons (Fsp3) is 0.395. The molecule has 1 aromatic heterocycles. The Bertz CT molecular complexity index is 1530. The quantitative estimate of drug-likeness (QED) is 0.141. The summed E-state index contributed by atoms with van der Waals surface area (Å²) < 4.78 is 14.1. The molecule has 0 bridgehead atoms. The SMILES string of the molecule is CC[Si](CC)(CC)OC1CCCc2cnc3ccc(C#CCO[Si](c4ccccc4)(c4ccccc4)C(C)(C)C)cc3c21. The lowest BCUT2D eigenvalue weighted by molar-refractivity contribution is 0.170. The molecule has 1 heterocycles. The van der Waals surface area contributed by atoms with Gasteiger partial charge in [-0.15, -0.1) is 0 Å². The van der Waals surface area contributed by atoms with Crippen LogP contribution in [0.5, 0.6) is 0 Å². The van der Waals surface area contributed by atoms with Crippen LogP contribution in [0.1, 0.15) is 77.2 Å². The molecule has 224 valence electrons. The average Bonchev–Trinajstić information content (AvgIpc) is 3.04. The molecule has 0 saturated carbocycles. The molecule has 1 atom stereocenters. The Kier molecular flexibility index (Phi) is 9.73. The van der Waals surface area contributed by atoms with E-state index in [1.807, 2.05) is 0 Å². The zero-order valence-corrected chi connectivity index (χ0v) is 28.9. The van der Waals surface area contributed by atoms with Crippen molar-refractivity contribution in [2.24, 2.45) is 0 Å². The van der Waals surface area contributed by atoms with Crippen molar-refractivity contribution in [3.8, 4) is 11.8 Å². The summed E-state index contributed by atoms with van der Waals surface area (Å²) in [5.74, 6) is 6.86. The van der Waals surface area contributed by atoms with Gasteiger partial charge >= 0.3 is 0 Å². The lowest BCUT2D eigenvalue weighted by Crippen LogP contribution is -2.66. The summed E-state index contributed by atoms with van der Waals surface area (Å²) in [6.45, 7) is 14.2. The van der Waals surface area contributed by atoms with Gasteiger partial charge in [0.05, 0.1) is 18.2 Å². The molecule has 0 saturated heterocycles. The van der Waals surface area contributed by atoms with Crippen LogP contribution >= 0.6 is 0 Å². The summed E-state index contributed by atoms with van der Waals surface area (Å²) in [6.07, 6.45) is 5.56. The largest absolute Gasteiger partial charge is 0.410 e. The van der Waals surface area contributed by atoms with Crippen molar-refractivity contribution in [3.05, 3.63) is 102 Å². The third-order valence-corrected chi connectivity index (χ3v) is 19.2. The van der Waals surface area contributed by atoms with Gasteiger partial charge in [0.25, 0.3) is 8.32 Å². The highest BCUT2D eigenvalue weighted by Crippen LogP contribution is 2.41. The summed E-state index contributed by atoms with van der Waals surface area (Å²) >= 11 is 0. The van der Waals surface area contributed by atoms with Crippen molar-refractivity contribution >= 4 is 37.9 Å². The number of hydrogen-bond acceptors (Lipinski definition) is 3. The second kappa shape index (κ2) is 13.3. The minimum atomic E-state index is -2.62. The molecule has 5 rings (SSSR count). The molecule has 0 spiro atoms. The highest BCUT2D eigenvalue weighted by molar-refractivity contribution is 6.99. The van der Waals surface area contributed by atoms with Crippen LogP contribution in [0.15, 0.2) is 85.1 Å². The van der Waals surface area contributed by atoms with Gasteiger partial charge in [-0.05, 0) is 82.1 Å². The zero-order valence-electron chi connectivity index (χ0n) is 26.9. The predicted octanol–water partition coefficient (Wildman–Crippen LogP) is 8.56. The minimum absolute atomic E-state index is 0.0753. The summed E-state index contributed by atoms with van der Waals surface area (Å²) in [4.78, 5) is 4.84. The third-order valence-electron chi connectivity index (χ3n) is 9.56. The molecule has 1 aliphatic rings. The smallest absolute Gasteiger partial charge is 0.262 e. The Morgan fingerprint density at radius 2 is 1.49 bits per heavy atom. The summed E-state index contributed by atoms with van der Waals surface area (Å²) in [7, 11) is -4.37. The van der Waals surface area contributed by atoms with E-state index in [-0.39, 0.29) is 11.1 Å². The maximum Gasteiger partial charge on any atom is 0.262 e. The van der Waals surface area contributed by atoms with Crippen molar-refractivity contribution in [2.75, 3.05) is 6.61 Å². The molecule has 0 fully saturated rings. The van der Waals surface area contributed by atoms with E-state index >= 15 is 0 Å². The standard InChI is InChI=1S/C38H47NO2Si2/c1-7-42(8-2,9-3)41-36-24-16-19-31-29-39-35-26-25-30(28-34(35)37(31)36)18-17-27-40-43(38(4,5)6,32-20-12-10-13-21-32)33-22-14-11-15-23-33/h10-15,20-23,25-26,28-29,36H,7-9,16,19,24,27H2,1-6H3. The molecule has 0 aliphatic heterocycles. The number of benzene rings is 3. The van der Waals surface area contributed by atoms with Gasteiger partial charge in [0.2, 0.25) is 0 Å². The topological polar surface area (TPSA) is 31.4 Å². The third kappa shape index (κ3) is 6.30. The summed E-state index contributed by atoms with van der Waals surface area (Å²) in [5.41, 5.74) is 4.73. The number of aryl methyl sites for hydroxylation is 1. The van der Waals surface area contributed by atoms with Crippen molar-refractivity contribution in [1.29, 1.82) is 0 Å². The monoisotopic (exact) mass is 605 g/mol. The second-order valence-electron chi connectivity index (χ2n) is 12.9. The van der Waals surface area contributed by atoms with E-state index in [1.165, 1.54) is 26.9 Å². The summed E-state index contributed by atoms with van der Waals surface area (Å²) in [6, 6.07) is 31.5. The first kappa shape index (κ1) is 31.4. The lowest BCUT2D eigenvalue weighted by Gasteiger charge is -2.42. The van der Waals surface area contributed by atoms with Crippen LogP contribution in [-0.4, -0.2) is 28.2 Å². The molecule has 3 aromatic carbocycles. The fourth-order valence-electron chi connectivity index (χ4n) is 7.00. The maximum atomic E-state index is 7.11. The Morgan fingerprint density at radius 1 is 0.860 bits per heavy atom. The average molecular weight is 606 g/mol. The number of fused-ring (bicyclic) bond motifs is 3. The Labute approximate surface area is 261 Å². The van der Waals surface area contributed by atoms with Crippen molar-refractivity contribution in [3.63, 3.8) is 0 Å². The van der Waals surface area contributed by atoms with Crippen LogP contribution in [0.3, 0.4) is 0 Å². The molecule has 1 aliphatic carbocycles. The molecule has 0 amide bonds. The fourth-order valence-corrected chi connectivity index (χ4v) is 14.3. The van der Waals surface area contributed by atoms with Gasteiger partial charge in [0.1, 0.15) is 0 Å². The second-order valence-corrected chi connectivity index (χ2v) is 22.0. The van der Waals surface area contributed by atoms with Crippen LogP contribution in [0.4, 0.5) is 0 Å². The first-order chi connectivity index (χ1) is 20.8. The molecular formula is C38H47NO2Si2. The van der Waals surface area contributed by atoms with Crippen molar-refractivity contribution in [1.82, 2.24) is 4.98 Å². The zero-order chi connectivity index (χ0) is 30.5. The van der Waals surface area contributed by atoms with Gasteiger partial charge in [-0.3, -0.25) is 4.98 Å². The van der Waals surface area contributed by atoms with Gasteiger partial charge in [0, 0.05) is 17.1 Å². The van der Waals surface area contributed by atoms with Crippen LogP contribution < -0.4 is 10.4 Å². The van der Waals surface area contributed by atoms with Gasteiger partial charge in [0.15, 0.2) is 8.32 Å². The Morgan fingerprint density at radius 3 is 2.07 bits per heavy atom. The predicted molar refractivity (Wildman–Crippen MR) is 186 cm³/mol. The molecule has 0 radical (unpaired) electrons. The van der Waals surface area contributed by atoms with E-state index in [0.29, 0.717) is 6.61 Å². The number of pyridine rings is 1. The lowest BCUT2D eigenvalue weighted by atomic mass is 9.87. The van der Waals surface area contributed by atoms with Crippen LogP contribution in [-0.2, 0) is 15.3 Å². The van der Waals surface area contributed by atoms with Gasteiger partial charge in [-0.2, -0.15) is 0 Å². The highest BCUT2D eigenvalue weighted by atomic mass is 28.4. The summed E-state index contributed by atoms with van der Waals surface area (Å²) in [5, 5.41) is 3.67. The van der Waals surface area contributed by atoms with Crippen LogP contribution in [0.25, 0.3) is 10.9 Å². The van der Waals surface area contributed by atoms with E-state index in [9.17, 15) is 0 Å². The molecule has 0 N–H and O–H groups in total. The molecule has 1 unspecified atom stereocenters. The van der Waals surface area contributed by atoms with Crippen molar-refractivity contribution < 1.29 is 8.85 Å². The molecule has 3 nitrogen and oxygen atoms in total. The van der Waals surface area contributed by atoms with E-state index in [4.69, 9.17) is 13.8 Å². The molecular weight excluding hydrogens is 559 g/mol. The Balaban J connectivity index is 1.48. The number of hydrogen-bond donors (Lipinski definition) is 0. The van der Waals surface area contributed by atoms with E-state index in [2.05, 4.69) is 138 Å². The van der Waals surface area contributed by atoms with E-state index in [0.717, 1.165) is 48.5 Å². The normalized spacial score (nSPS) is 15.5. The van der Waals surface area contributed by atoms with Crippen molar-refractivity contribution in [2.45, 2.75) is 90.1 Å². The highest BCUT2D eigenvalue weighted by Gasteiger charge is 2.50. The first-order valence-corrected chi connectivity index (χ1v) is 20.5. The number of aromatic nitrogens is 1. The Hall–Kier alpha value is -3.02. The van der Waals surface area contributed by atoms with Gasteiger partial charge < -0.3 is 8.85 Å². The minimum Gasteiger partial charge on any atom is -0.410 e. The molecule has 5 heteroatoms. The van der Waals surface area contributed by atoms with Crippen LogP contribution in [0.2, 0.25) is 23.2 Å². The number of rotatable bonds is 9. The van der Waals surface area contributed by atoms with E-state index < -0.39 is 16.6 Å². The first-order valence-electron chi connectivity index (χ1n) is 16.1.